The maximum Gasteiger partial charge on any atom is 0.573 e. The highest BCUT2D eigenvalue weighted by molar-refractivity contribution is 6.01. The van der Waals surface area contributed by atoms with Gasteiger partial charge in [0, 0.05) is 18.3 Å². The van der Waals surface area contributed by atoms with E-state index in [-0.39, 0.29) is 30.5 Å². The van der Waals surface area contributed by atoms with Crippen molar-refractivity contribution in [2.45, 2.75) is 44.6 Å². The number of nitrogens with two attached hydrogens (primary N) is 1. The number of hydrogen-bond donors (Lipinski definition) is 2. The maximum absolute atomic E-state index is 12.4. The second kappa shape index (κ2) is 9.09. The maximum atomic E-state index is 12.4. The van der Waals surface area contributed by atoms with Gasteiger partial charge in [0.15, 0.2) is 0 Å². The normalized spacial score (nSPS) is 18.3. The third-order valence-corrected chi connectivity index (χ3v) is 3.82. The Balaban J connectivity index is 0.00000338. The van der Waals surface area contributed by atoms with Crippen molar-refractivity contribution >= 4 is 29.9 Å². The highest BCUT2D eigenvalue weighted by atomic mass is 35.5. The molecule has 1 saturated heterocycles. The van der Waals surface area contributed by atoms with Crippen molar-refractivity contribution in [3.63, 3.8) is 0 Å². The lowest BCUT2D eigenvalue weighted by Crippen LogP contribution is -2.48. The molecule has 0 saturated carbocycles. The highest BCUT2D eigenvalue weighted by Crippen LogP contribution is 2.29. The van der Waals surface area contributed by atoms with Crippen LogP contribution in [0.3, 0.4) is 0 Å². The summed E-state index contributed by atoms with van der Waals surface area (Å²) in [5, 5.41) is 2.60. The van der Waals surface area contributed by atoms with Gasteiger partial charge in [0.25, 0.3) is 0 Å². The fraction of sp³-hybridized carbons (Fsp3) is 0.500. The lowest BCUT2D eigenvalue weighted by Gasteiger charge is -2.19. The van der Waals surface area contributed by atoms with Crippen molar-refractivity contribution in [2.24, 2.45) is 5.73 Å². The molecule has 6 nitrogen and oxygen atoms in total. The van der Waals surface area contributed by atoms with Gasteiger partial charge < -0.3 is 20.7 Å². The Morgan fingerprint density at radius 3 is 2.77 bits per heavy atom. The number of rotatable bonds is 6. The first-order valence-corrected chi connectivity index (χ1v) is 7.94. The van der Waals surface area contributed by atoms with Gasteiger partial charge in [0.05, 0.1) is 6.04 Å². The van der Waals surface area contributed by atoms with E-state index in [4.69, 9.17) is 5.73 Å². The predicted octanol–water partition coefficient (Wildman–Crippen LogP) is 2.36. The van der Waals surface area contributed by atoms with Crippen LogP contribution in [-0.2, 0) is 9.59 Å². The number of alkyl halides is 3. The van der Waals surface area contributed by atoms with E-state index in [0.29, 0.717) is 12.8 Å². The molecule has 0 aromatic heterocycles. The summed E-state index contributed by atoms with van der Waals surface area (Å²) in [4.78, 5) is 25.7. The number of carbonyl (C=O) groups excluding carboxylic acids is 2. The second-order valence-electron chi connectivity index (χ2n) is 5.78. The molecule has 1 heterocycles. The van der Waals surface area contributed by atoms with Crippen LogP contribution in [0.25, 0.3) is 0 Å². The van der Waals surface area contributed by atoms with E-state index < -0.39 is 30.1 Å². The number of nitrogens with one attached hydrogen (secondary N) is 1. The fourth-order valence-electron chi connectivity index (χ4n) is 2.64. The average molecular weight is 396 g/mol. The fourth-order valence-corrected chi connectivity index (χ4v) is 2.64. The van der Waals surface area contributed by atoms with Crippen molar-refractivity contribution in [3.8, 4) is 5.75 Å². The summed E-state index contributed by atoms with van der Waals surface area (Å²) in [6, 6.07) is 3.75. The molecule has 10 heteroatoms. The van der Waals surface area contributed by atoms with Gasteiger partial charge in [0.2, 0.25) is 11.8 Å². The number of nitrogens with zero attached hydrogens (tertiary/aromatic N) is 1. The molecule has 0 radical (unpaired) electrons. The first-order valence-electron chi connectivity index (χ1n) is 7.94. The van der Waals surface area contributed by atoms with E-state index in [0.717, 1.165) is 18.6 Å². The molecule has 26 heavy (non-hydrogen) atoms. The number of benzene rings is 1. The lowest BCUT2D eigenvalue weighted by atomic mass is 10.1. The first-order chi connectivity index (χ1) is 11.7. The number of carbonyl (C=O) groups is 2. The molecule has 0 spiro atoms. The average Bonchev–Trinajstić information content (AvgIpc) is 2.87. The van der Waals surface area contributed by atoms with Gasteiger partial charge in [-0.25, -0.2) is 0 Å². The zero-order valence-corrected chi connectivity index (χ0v) is 14.9. The lowest BCUT2D eigenvalue weighted by molar-refractivity contribution is -0.274. The van der Waals surface area contributed by atoms with Crippen LogP contribution in [0.5, 0.6) is 5.75 Å². The summed E-state index contributed by atoms with van der Waals surface area (Å²) in [7, 11) is 0. The van der Waals surface area contributed by atoms with Crippen LogP contribution in [0.1, 0.15) is 26.2 Å². The van der Waals surface area contributed by atoms with Crippen LogP contribution in [0.15, 0.2) is 24.3 Å². The number of anilines is 1. The van der Waals surface area contributed by atoms with Crippen LogP contribution in [0, 0.1) is 0 Å². The second-order valence-corrected chi connectivity index (χ2v) is 5.78. The minimum Gasteiger partial charge on any atom is -0.406 e. The molecular weight excluding hydrogens is 375 g/mol. The van der Waals surface area contributed by atoms with E-state index >= 15 is 0 Å². The van der Waals surface area contributed by atoms with Crippen LogP contribution >= 0.6 is 12.4 Å². The number of amides is 2. The Hall–Kier alpha value is -2.00. The van der Waals surface area contributed by atoms with E-state index in [9.17, 15) is 22.8 Å². The van der Waals surface area contributed by atoms with Crippen molar-refractivity contribution < 1.29 is 27.5 Å². The molecule has 2 atom stereocenters. The van der Waals surface area contributed by atoms with Crippen LogP contribution in [-0.4, -0.2) is 36.8 Å². The molecule has 2 amide bonds. The van der Waals surface area contributed by atoms with Crippen LogP contribution in [0.2, 0.25) is 0 Å². The van der Waals surface area contributed by atoms with Gasteiger partial charge in [0.1, 0.15) is 11.8 Å². The summed E-state index contributed by atoms with van der Waals surface area (Å²) < 4.78 is 40.8. The molecule has 1 aromatic carbocycles. The van der Waals surface area contributed by atoms with Gasteiger partial charge >= 0.3 is 6.36 Å². The molecule has 1 aliphatic rings. The number of halogens is 4. The number of hydrogen-bond acceptors (Lipinski definition) is 4. The Labute approximate surface area is 155 Å². The third-order valence-electron chi connectivity index (χ3n) is 3.82. The Kier molecular flexibility index (Phi) is 7.70. The standard InChI is InChI=1S/C16H20F3N3O3.ClH/c1-2-4-12(20)14(23)21-13-7-8-22(15(13)24)10-5-3-6-11(9-10)25-16(17,18)19;/h3,5-6,9,12-13H,2,4,7-8,20H2,1H3,(H,21,23);1H. The van der Waals surface area contributed by atoms with Crippen molar-refractivity contribution in [2.75, 3.05) is 11.4 Å². The summed E-state index contributed by atoms with van der Waals surface area (Å²) >= 11 is 0. The minimum absolute atomic E-state index is 0. The summed E-state index contributed by atoms with van der Waals surface area (Å²) in [6.07, 6.45) is -3.20. The molecule has 0 aliphatic carbocycles. The largest absolute Gasteiger partial charge is 0.573 e. The molecular formula is C16H21ClF3N3O3. The third kappa shape index (κ3) is 5.77. The Morgan fingerprint density at radius 2 is 2.15 bits per heavy atom. The van der Waals surface area contributed by atoms with E-state index in [2.05, 4.69) is 10.1 Å². The molecule has 0 bridgehead atoms. The summed E-state index contributed by atoms with van der Waals surface area (Å²) in [6.45, 7) is 2.17. The smallest absolute Gasteiger partial charge is 0.406 e. The van der Waals surface area contributed by atoms with E-state index in [1.165, 1.54) is 17.0 Å². The van der Waals surface area contributed by atoms with Gasteiger partial charge in [-0.15, -0.1) is 25.6 Å². The van der Waals surface area contributed by atoms with Crippen molar-refractivity contribution in [1.82, 2.24) is 5.32 Å². The number of ether oxygens (including phenoxy) is 1. The monoisotopic (exact) mass is 395 g/mol. The molecule has 1 aliphatic heterocycles. The molecule has 2 unspecified atom stereocenters. The predicted molar refractivity (Wildman–Crippen MR) is 92.2 cm³/mol. The summed E-state index contributed by atoms with van der Waals surface area (Å²) in [5.41, 5.74) is 5.99. The van der Waals surface area contributed by atoms with Gasteiger partial charge in [-0.1, -0.05) is 19.4 Å². The molecule has 2 rings (SSSR count). The molecule has 1 aromatic rings. The zero-order valence-electron chi connectivity index (χ0n) is 14.1. The van der Waals surface area contributed by atoms with Gasteiger partial charge in [-0.05, 0) is 25.0 Å². The van der Waals surface area contributed by atoms with Gasteiger partial charge in [-0.2, -0.15) is 0 Å². The molecule has 1 fully saturated rings. The van der Waals surface area contributed by atoms with Gasteiger partial charge in [-0.3, -0.25) is 9.59 Å². The molecule has 3 N–H and O–H groups in total. The van der Waals surface area contributed by atoms with E-state index in [1.807, 2.05) is 6.92 Å². The van der Waals surface area contributed by atoms with Crippen LogP contribution < -0.4 is 20.7 Å². The molecule has 146 valence electrons. The SMILES string of the molecule is CCCC(N)C(=O)NC1CCN(c2cccc(OC(F)(F)F)c2)C1=O.Cl. The topological polar surface area (TPSA) is 84.7 Å². The summed E-state index contributed by atoms with van der Waals surface area (Å²) in [5.74, 6) is -1.20. The first kappa shape index (κ1) is 22.0. The van der Waals surface area contributed by atoms with Crippen molar-refractivity contribution in [3.05, 3.63) is 24.3 Å². The Bertz CT molecular complexity index is 643. The van der Waals surface area contributed by atoms with Crippen LogP contribution in [0.4, 0.5) is 18.9 Å². The van der Waals surface area contributed by atoms with E-state index in [1.54, 1.807) is 0 Å². The Morgan fingerprint density at radius 1 is 1.46 bits per heavy atom. The van der Waals surface area contributed by atoms with Crippen molar-refractivity contribution in [1.29, 1.82) is 0 Å². The highest BCUT2D eigenvalue weighted by Gasteiger charge is 2.35. The quantitative estimate of drug-likeness (QED) is 0.774. The minimum atomic E-state index is -4.81. The zero-order chi connectivity index (χ0) is 18.6.